The number of rotatable bonds is 2. The number of hydrogen-bond donors (Lipinski definition) is 0. The minimum absolute atomic E-state index is 0.0128. The predicted molar refractivity (Wildman–Crippen MR) is 68.6 cm³/mol. The lowest BCUT2D eigenvalue weighted by Gasteiger charge is -2.38. The molecule has 1 heterocycles. The van der Waals surface area contributed by atoms with Gasteiger partial charge in [0.1, 0.15) is 5.75 Å². The number of halogens is 1. The zero-order valence-corrected chi connectivity index (χ0v) is 11.8. The summed E-state index contributed by atoms with van der Waals surface area (Å²) in [6.45, 7) is 7.84. The first-order valence-corrected chi connectivity index (χ1v) is 6.21. The molecular formula is C13H17BrO2. The smallest absolute Gasteiger partial charge is 0.124 e. The van der Waals surface area contributed by atoms with E-state index in [0.29, 0.717) is 0 Å². The fraction of sp³-hybridized carbons (Fsp3) is 0.538. The maximum absolute atomic E-state index is 5.43. The highest BCUT2D eigenvalue weighted by molar-refractivity contribution is 9.09. The third kappa shape index (κ3) is 1.66. The number of methoxy groups -OCH3 is 1. The molecule has 1 aliphatic rings. The summed E-state index contributed by atoms with van der Waals surface area (Å²) in [5.41, 5.74) is 5.03. The average Bonchev–Trinajstić information content (AvgIpc) is 2.21. The van der Waals surface area contributed by atoms with Gasteiger partial charge in [0.25, 0.3) is 0 Å². The van der Waals surface area contributed by atoms with E-state index in [1.165, 1.54) is 22.3 Å². The Labute approximate surface area is 105 Å². The van der Waals surface area contributed by atoms with Gasteiger partial charge in [-0.1, -0.05) is 22.0 Å². The first-order chi connectivity index (χ1) is 7.49. The van der Waals surface area contributed by atoms with Gasteiger partial charge in [-0.15, -0.1) is 0 Å². The molecule has 0 bridgehead atoms. The van der Waals surface area contributed by atoms with Crippen molar-refractivity contribution < 1.29 is 9.47 Å². The zero-order chi connectivity index (χ0) is 11.9. The van der Waals surface area contributed by atoms with E-state index in [2.05, 4.69) is 42.8 Å². The van der Waals surface area contributed by atoms with E-state index < -0.39 is 0 Å². The van der Waals surface area contributed by atoms with Gasteiger partial charge >= 0.3 is 0 Å². The molecule has 2 rings (SSSR count). The van der Waals surface area contributed by atoms with Gasteiger partial charge in [0.05, 0.1) is 24.6 Å². The topological polar surface area (TPSA) is 18.5 Å². The monoisotopic (exact) mass is 284 g/mol. The van der Waals surface area contributed by atoms with Crippen molar-refractivity contribution in [3.8, 4) is 5.75 Å². The van der Waals surface area contributed by atoms with Gasteiger partial charge in [-0.25, -0.2) is 0 Å². The minimum atomic E-state index is 0.0128. The highest BCUT2D eigenvalue weighted by Crippen LogP contribution is 2.43. The summed E-state index contributed by atoms with van der Waals surface area (Å²) < 4.78 is 10.7. The molecule has 0 unspecified atom stereocenters. The summed E-state index contributed by atoms with van der Waals surface area (Å²) in [5, 5.41) is 0. The van der Waals surface area contributed by atoms with Crippen LogP contribution in [0.25, 0.3) is 0 Å². The molecule has 3 heteroatoms. The van der Waals surface area contributed by atoms with E-state index >= 15 is 0 Å². The summed E-state index contributed by atoms with van der Waals surface area (Å²) in [6.07, 6.45) is 0. The van der Waals surface area contributed by atoms with Crippen LogP contribution in [0.4, 0.5) is 0 Å². The van der Waals surface area contributed by atoms with Gasteiger partial charge in [0.15, 0.2) is 0 Å². The van der Waals surface area contributed by atoms with Gasteiger partial charge < -0.3 is 9.47 Å². The molecule has 88 valence electrons. The molecule has 1 aromatic rings. The summed E-state index contributed by atoms with van der Waals surface area (Å²) in [5.74, 6) is 0.998. The Balaban J connectivity index is 2.56. The zero-order valence-electron chi connectivity index (χ0n) is 10.2. The lowest BCUT2D eigenvalue weighted by Crippen LogP contribution is -2.41. The molecule has 0 aliphatic carbocycles. The Bertz CT molecular complexity index is 422. The summed E-state index contributed by atoms with van der Waals surface area (Å²) in [7, 11) is 1.73. The Kier molecular flexibility index (Phi) is 3.01. The summed E-state index contributed by atoms with van der Waals surface area (Å²) in [4.78, 5) is 0. The average molecular weight is 285 g/mol. The molecule has 1 fully saturated rings. The van der Waals surface area contributed by atoms with Crippen molar-refractivity contribution in [3.63, 3.8) is 0 Å². The highest BCUT2D eigenvalue weighted by Gasteiger charge is 2.39. The standard InChI is InChI=1S/C13H17BrO2/c1-8-5-11(13(14)6-16-7-13)9(2)10(3)12(8)15-4/h5H,6-7H2,1-4H3. The second kappa shape index (κ2) is 4.04. The SMILES string of the molecule is COc1c(C)cc(C2(Br)COC2)c(C)c1C. The van der Waals surface area contributed by atoms with Crippen molar-refractivity contribution in [2.75, 3.05) is 20.3 Å². The van der Waals surface area contributed by atoms with Gasteiger partial charge in [-0.05, 0) is 43.0 Å². The molecule has 1 saturated heterocycles. The Morgan fingerprint density at radius 3 is 2.31 bits per heavy atom. The van der Waals surface area contributed by atoms with Gasteiger partial charge in [-0.3, -0.25) is 0 Å². The predicted octanol–water partition coefficient (Wildman–Crippen LogP) is 3.24. The molecule has 1 aliphatic heterocycles. The Morgan fingerprint density at radius 1 is 1.25 bits per heavy atom. The molecule has 16 heavy (non-hydrogen) atoms. The van der Waals surface area contributed by atoms with E-state index in [1.807, 2.05) is 0 Å². The van der Waals surface area contributed by atoms with Crippen LogP contribution < -0.4 is 4.74 Å². The molecule has 2 nitrogen and oxygen atoms in total. The van der Waals surface area contributed by atoms with Crippen molar-refractivity contribution in [1.29, 1.82) is 0 Å². The van der Waals surface area contributed by atoms with Gasteiger partial charge in [0.2, 0.25) is 0 Å². The van der Waals surface area contributed by atoms with Crippen LogP contribution in [0.15, 0.2) is 6.07 Å². The highest BCUT2D eigenvalue weighted by atomic mass is 79.9. The largest absolute Gasteiger partial charge is 0.496 e. The quantitative estimate of drug-likeness (QED) is 0.777. The van der Waals surface area contributed by atoms with Crippen molar-refractivity contribution in [1.82, 2.24) is 0 Å². The molecule has 1 aromatic carbocycles. The van der Waals surface area contributed by atoms with Crippen LogP contribution >= 0.6 is 15.9 Å². The van der Waals surface area contributed by atoms with E-state index in [9.17, 15) is 0 Å². The fourth-order valence-corrected chi connectivity index (χ4v) is 3.01. The molecule has 0 aromatic heterocycles. The second-order valence-electron chi connectivity index (χ2n) is 4.48. The molecule has 0 atom stereocenters. The van der Waals surface area contributed by atoms with Crippen molar-refractivity contribution in [2.24, 2.45) is 0 Å². The Hall–Kier alpha value is -0.540. The number of benzene rings is 1. The normalized spacial score (nSPS) is 18.1. The van der Waals surface area contributed by atoms with E-state index in [-0.39, 0.29) is 4.32 Å². The number of hydrogen-bond acceptors (Lipinski definition) is 2. The summed E-state index contributed by atoms with van der Waals surface area (Å²) in [6, 6.07) is 2.21. The lowest BCUT2D eigenvalue weighted by molar-refractivity contribution is -0.00731. The van der Waals surface area contributed by atoms with Crippen LogP contribution in [0, 0.1) is 20.8 Å². The molecule has 0 spiro atoms. The molecule has 0 saturated carbocycles. The first kappa shape index (κ1) is 11.9. The third-order valence-electron chi connectivity index (χ3n) is 3.37. The molecular weight excluding hydrogens is 268 g/mol. The second-order valence-corrected chi connectivity index (χ2v) is 6.00. The van der Waals surface area contributed by atoms with Crippen LogP contribution in [0.3, 0.4) is 0 Å². The molecule has 0 N–H and O–H groups in total. The van der Waals surface area contributed by atoms with Crippen molar-refractivity contribution >= 4 is 15.9 Å². The van der Waals surface area contributed by atoms with E-state index in [1.54, 1.807) is 7.11 Å². The van der Waals surface area contributed by atoms with Crippen LogP contribution in [0.2, 0.25) is 0 Å². The van der Waals surface area contributed by atoms with Crippen LogP contribution in [-0.2, 0) is 9.06 Å². The lowest BCUT2D eigenvalue weighted by atomic mass is 9.88. The van der Waals surface area contributed by atoms with E-state index in [4.69, 9.17) is 9.47 Å². The van der Waals surface area contributed by atoms with Crippen molar-refractivity contribution in [2.45, 2.75) is 25.1 Å². The van der Waals surface area contributed by atoms with Gasteiger partial charge in [0, 0.05) is 0 Å². The van der Waals surface area contributed by atoms with Crippen LogP contribution in [0.1, 0.15) is 22.3 Å². The maximum atomic E-state index is 5.43. The van der Waals surface area contributed by atoms with Crippen LogP contribution in [0.5, 0.6) is 5.75 Å². The molecule has 0 amide bonds. The Morgan fingerprint density at radius 2 is 1.88 bits per heavy atom. The maximum Gasteiger partial charge on any atom is 0.124 e. The van der Waals surface area contributed by atoms with Crippen molar-refractivity contribution in [3.05, 3.63) is 28.3 Å². The minimum Gasteiger partial charge on any atom is -0.496 e. The summed E-state index contributed by atoms with van der Waals surface area (Å²) >= 11 is 3.78. The van der Waals surface area contributed by atoms with E-state index in [0.717, 1.165) is 19.0 Å². The first-order valence-electron chi connectivity index (χ1n) is 5.41. The number of aryl methyl sites for hydroxylation is 1. The fourth-order valence-electron chi connectivity index (χ4n) is 2.27. The van der Waals surface area contributed by atoms with Gasteiger partial charge in [-0.2, -0.15) is 0 Å². The number of ether oxygens (including phenoxy) is 2. The third-order valence-corrected chi connectivity index (χ3v) is 4.26. The number of alkyl halides is 1. The molecule has 0 radical (unpaired) electrons. The van der Waals surface area contributed by atoms with Crippen LogP contribution in [-0.4, -0.2) is 20.3 Å².